The molecule has 1 aromatic carbocycles. The first-order valence-electron chi connectivity index (χ1n) is 6.65. The Morgan fingerprint density at radius 3 is 3.00 bits per heavy atom. The van der Waals surface area contributed by atoms with Crippen LogP contribution in [-0.4, -0.2) is 22.1 Å². The lowest BCUT2D eigenvalue weighted by Crippen LogP contribution is -2.23. The minimum Gasteiger partial charge on any atom is -0.423 e. The summed E-state index contributed by atoms with van der Waals surface area (Å²) in [5.41, 5.74) is 7.35. The molecule has 104 valence electrons. The van der Waals surface area contributed by atoms with Gasteiger partial charge in [0.15, 0.2) is 0 Å². The number of rotatable bonds is 3. The molecule has 1 aliphatic carbocycles. The van der Waals surface area contributed by atoms with Crippen molar-refractivity contribution in [1.82, 2.24) is 10.2 Å². The molecule has 20 heavy (non-hydrogen) atoms. The van der Waals surface area contributed by atoms with Gasteiger partial charge < -0.3 is 15.5 Å². The highest BCUT2D eigenvalue weighted by atomic mass is 16.4. The van der Waals surface area contributed by atoms with E-state index in [4.69, 9.17) is 10.2 Å². The Labute approximate surface area is 116 Å². The first-order chi connectivity index (χ1) is 9.72. The summed E-state index contributed by atoms with van der Waals surface area (Å²) in [6.45, 7) is 0. The van der Waals surface area contributed by atoms with E-state index in [0.29, 0.717) is 5.89 Å². The van der Waals surface area contributed by atoms with Crippen LogP contribution in [0.15, 0.2) is 35.1 Å². The first-order valence-corrected chi connectivity index (χ1v) is 6.65. The largest absolute Gasteiger partial charge is 0.423 e. The second kappa shape index (κ2) is 5.42. The van der Waals surface area contributed by atoms with Crippen molar-refractivity contribution in [2.24, 2.45) is 11.7 Å². The summed E-state index contributed by atoms with van der Waals surface area (Å²) in [6.07, 6.45) is 3.81. The van der Waals surface area contributed by atoms with Crippen molar-refractivity contribution in [2.75, 3.05) is 5.32 Å². The average molecular weight is 272 g/mol. The Hall–Kier alpha value is -2.21. The van der Waals surface area contributed by atoms with E-state index in [1.807, 2.05) is 24.3 Å². The van der Waals surface area contributed by atoms with Gasteiger partial charge in [0.25, 0.3) is 0 Å². The summed E-state index contributed by atoms with van der Waals surface area (Å²) in [5, 5.41) is 10.4. The lowest BCUT2D eigenvalue weighted by Gasteiger charge is -2.11. The Bertz CT molecular complexity index is 597. The zero-order valence-electron chi connectivity index (χ0n) is 11.0. The second-order valence-corrected chi connectivity index (χ2v) is 5.08. The third-order valence-electron chi connectivity index (χ3n) is 3.58. The minimum atomic E-state index is 0.0112. The molecule has 1 amide bonds. The van der Waals surface area contributed by atoms with Gasteiger partial charge >= 0.3 is 0 Å². The van der Waals surface area contributed by atoms with Crippen LogP contribution >= 0.6 is 0 Å². The summed E-state index contributed by atoms with van der Waals surface area (Å²) in [6, 6.07) is 7.51. The monoisotopic (exact) mass is 272 g/mol. The summed E-state index contributed by atoms with van der Waals surface area (Å²) >= 11 is 0. The molecule has 0 aliphatic heterocycles. The molecule has 1 heterocycles. The zero-order valence-corrected chi connectivity index (χ0v) is 11.0. The highest BCUT2D eigenvalue weighted by Crippen LogP contribution is 2.26. The third-order valence-corrected chi connectivity index (χ3v) is 3.58. The molecule has 1 aliphatic rings. The highest BCUT2D eigenvalue weighted by molar-refractivity contribution is 5.93. The van der Waals surface area contributed by atoms with E-state index in [2.05, 4.69) is 15.5 Å². The molecule has 1 saturated carbocycles. The normalized spacial score (nSPS) is 21.9. The maximum atomic E-state index is 12.1. The number of benzene rings is 1. The molecule has 2 aromatic rings. The van der Waals surface area contributed by atoms with Gasteiger partial charge in [-0.25, -0.2) is 0 Å². The number of nitrogens with one attached hydrogen (secondary N) is 1. The SMILES string of the molecule is NC1CCC(C(=O)Nc2cccc(-c3nnco3)c2)C1. The Morgan fingerprint density at radius 1 is 1.40 bits per heavy atom. The van der Waals surface area contributed by atoms with Gasteiger partial charge in [-0.1, -0.05) is 6.07 Å². The Morgan fingerprint density at radius 2 is 2.30 bits per heavy atom. The van der Waals surface area contributed by atoms with Crippen LogP contribution < -0.4 is 11.1 Å². The van der Waals surface area contributed by atoms with Crippen LogP contribution in [0.25, 0.3) is 11.5 Å². The van der Waals surface area contributed by atoms with E-state index in [-0.39, 0.29) is 17.9 Å². The molecule has 0 saturated heterocycles. The fourth-order valence-corrected chi connectivity index (χ4v) is 2.53. The molecule has 6 nitrogen and oxygen atoms in total. The molecule has 2 unspecified atom stereocenters. The quantitative estimate of drug-likeness (QED) is 0.888. The van der Waals surface area contributed by atoms with E-state index < -0.39 is 0 Å². The standard InChI is InChI=1S/C14H16N4O2/c15-11-5-4-9(6-11)13(19)17-12-3-1-2-10(7-12)14-18-16-8-20-14/h1-3,7-9,11H,4-6,15H2,(H,17,19). The maximum Gasteiger partial charge on any atom is 0.247 e. The molecule has 1 aromatic heterocycles. The van der Waals surface area contributed by atoms with Crippen molar-refractivity contribution in [2.45, 2.75) is 25.3 Å². The number of hydrogen-bond donors (Lipinski definition) is 2. The van der Waals surface area contributed by atoms with E-state index in [1.54, 1.807) is 0 Å². The first kappa shape index (κ1) is 12.8. The van der Waals surface area contributed by atoms with Crippen molar-refractivity contribution in [3.8, 4) is 11.5 Å². The molecule has 0 bridgehead atoms. The zero-order chi connectivity index (χ0) is 13.9. The van der Waals surface area contributed by atoms with Crippen LogP contribution in [0.3, 0.4) is 0 Å². The van der Waals surface area contributed by atoms with E-state index in [1.165, 1.54) is 6.39 Å². The number of aromatic nitrogens is 2. The van der Waals surface area contributed by atoms with Gasteiger partial charge in [-0.3, -0.25) is 4.79 Å². The number of carbonyl (C=O) groups is 1. The topological polar surface area (TPSA) is 94.0 Å². The molecule has 1 fully saturated rings. The van der Waals surface area contributed by atoms with Gasteiger partial charge in [0.1, 0.15) is 0 Å². The fourth-order valence-electron chi connectivity index (χ4n) is 2.53. The lowest BCUT2D eigenvalue weighted by molar-refractivity contribution is -0.119. The van der Waals surface area contributed by atoms with Crippen molar-refractivity contribution in [3.05, 3.63) is 30.7 Å². The highest BCUT2D eigenvalue weighted by Gasteiger charge is 2.27. The number of nitrogens with two attached hydrogens (primary N) is 1. The van der Waals surface area contributed by atoms with Crippen molar-refractivity contribution < 1.29 is 9.21 Å². The maximum absolute atomic E-state index is 12.1. The van der Waals surface area contributed by atoms with Crippen LogP contribution in [-0.2, 0) is 4.79 Å². The average Bonchev–Trinajstić information content (AvgIpc) is 3.10. The fraction of sp³-hybridized carbons (Fsp3) is 0.357. The summed E-state index contributed by atoms with van der Waals surface area (Å²) in [4.78, 5) is 12.1. The molecular formula is C14H16N4O2. The summed E-state index contributed by atoms with van der Waals surface area (Å²) < 4.78 is 5.14. The summed E-state index contributed by atoms with van der Waals surface area (Å²) in [7, 11) is 0. The summed E-state index contributed by atoms with van der Waals surface area (Å²) in [5.74, 6) is 0.474. The number of anilines is 1. The van der Waals surface area contributed by atoms with Crippen LogP contribution in [0, 0.1) is 5.92 Å². The van der Waals surface area contributed by atoms with Gasteiger partial charge in [-0.15, -0.1) is 10.2 Å². The molecule has 0 radical (unpaired) electrons. The predicted octanol–water partition coefficient (Wildman–Crippen LogP) is 1.80. The van der Waals surface area contributed by atoms with Crippen molar-refractivity contribution in [1.29, 1.82) is 0 Å². The van der Waals surface area contributed by atoms with Gasteiger partial charge in [-0.2, -0.15) is 0 Å². The molecule has 6 heteroatoms. The van der Waals surface area contributed by atoms with Gasteiger partial charge in [-0.05, 0) is 37.5 Å². The van der Waals surface area contributed by atoms with E-state index >= 15 is 0 Å². The third kappa shape index (κ3) is 2.70. The Kier molecular flexibility index (Phi) is 3.47. The number of carbonyl (C=O) groups excluding carboxylic acids is 1. The predicted molar refractivity (Wildman–Crippen MR) is 73.7 cm³/mol. The van der Waals surface area contributed by atoms with Crippen molar-refractivity contribution in [3.63, 3.8) is 0 Å². The number of amides is 1. The van der Waals surface area contributed by atoms with Gasteiger partial charge in [0.05, 0.1) is 0 Å². The number of nitrogens with zero attached hydrogens (tertiary/aromatic N) is 2. The molecule has 3 N–H and O–H groups in total. The second-order valence-electron chi connectivity index (χ2n) is 5.08. The smallest absolute Gasteiger partial charge is 0.247 e. The molecular weight excluding hydrogens is 256 g/mol. The molecule has 0 spiro atoms. The molecule has 2 atom stereocenters. The van der Waals surface area contributed by atoms with Gasteiger partial charge in [0, 0.05) is 23.2 Å². The minimum absolute atomic E-state index is 0.0112. The van der Waals surface area contributed by atoms with Crippen LogP contribution in [0.5, 0.6) is 0 Å². The van der Waals surface area contributed by atoms with Crippen LogP contribution in [0.4, 0.5) is 5.69 Å². The van der Waals surface area contributed by atoms with E-state index in [0.717, 1.165) is 30.5 Å². The van der Waals surface area contributed by atoms with Crippen molar-refractivity contribution >= 4 is 11.6 Å². The molecule has 3 rings (SSSR count). The Balaban J connectivity index is 1.71. The van der Waals surface area contributed by atoms with Crippen LogP contribution in [0.1, 0.15) is 19.3 Å². The lowest BCUT2D eigenvalue weighted by atomic mass is 10.1. The van der Waals surface area contributed by atoms with E-state index in [9.17, 15) is 4.79 Å². The number of hydrogen-bond acceptors (Lipinski definition) is 5. The van der Waals surface area contributed by atoms with Crippen LogP contribution in [0.2, 0.25) is 0 Å². The van der Waals surface area contributed by atoms with Gasteiger partial charge in [0.2, 0.25) is 18.2 Å².